The van der Waals surface area contributed by atoms with Crippen LogP contribution in [-0.4, -0.2) is 39.3 Å². The van der Waals surface area contributed by atoms with Gasteiger partial charge < -0.3 is 9.88 Å². The molecule has 55 heavy (non-hydrogen) atoms. The van der Waals surface area contributed by atoms with E-state index in [0.717, 1.165) is 22.3 Å². The minimum absolute atomic E-state index is 0.00402. The Morgan fingerprint density at radius 2 is 1.09 bits per heavy atom. The number of aromatic nitrogens is 4. The monoisotopic (exact) mass is 783 g/mol. The minimum atomic E-state index is -4.22. The number of phosphoric ester groups is 2. The van der Waals surface area contributed by atoms with E-state index in [0.29, 0.717) is 29.8 Å². The highest BCUT2D eigenvalue weighted by atomic mass is 31.2. The number of benzene rings is 4. The second-order valence-corrected chi connectivity index (χ2v) is 16.3. The highest BCUT2D eigenvalue weighted by Gasteiger charge is 2.44. The van der Waals surface area contributed by atoms with Crippen LogP contribution in [0.3, 0.4) is 0 Å². The molecule has 1 saturated carbocycles. The summed E-state index contributed by atoms with van der Waals surface area (Å²) in [7, 11) is -6.60. The Morgan fingerprint density at radius 3 is 1.56 bits per heavy atom. The smallest absolute Gasteiger partial charge is 0.371 e. The summed E-state index contributed by atoms with van der Waals surface area (Å²) in [5.41, 5.74) is 4.44. The molecule has 0 saturated heterocycles. The highest BCUT2D eigenvalue weighted by molar-refractivity contribution is 7.48. The number of phosphoric acid groups is 2. The molecule has 15 heteroatoms. The lowest BCUT2D eigenvalue weighted by Gasteiger charge is -2.26. The number of nitrogens with zero attached hydrogens (tertiary/aromatic N) is 4. The first kappa shape index (κ1) is 38.7. The van der Waals surface area contributed by atoms with Gasteiger partial charge in [0.25, 0.3) is 0 Å². The topological polar surface area (TPSA) is 145 Å². The van der Waals surface area contributed by atoms with Crippen LogP contribution in [-0.2, 0) is 62.7 Å². The number of rotatable bonds is 19. The van der Waals surface area contributed by atoms with Crippen LogP contribution in [0.4, 0.5) is 5.82 Å². The molecule has 1 aliphatic rings. The number of imidazole rings is 1. The predicted octanol–water partition coefficient (Wildman–Crippen LogP) is 9.30. The highest BCUT2D eigenvalue weighted by Crippen LogP contribution is 2.57. The average molecular weight is 784 g/mol. The summed E-state index contributed by atoms with van der Waals surface area (Å²) in [6, 6.07) is 37.3. The quantitative estimate of drug-likeness (QED) is 0.0782. The molecule has 2 aromatic heterocycles. The van der Waals surface area contributed by atoms with Gasteiger partial charge in [0, 0.05) is 19.0 Å². The van der Waals surface area contributed by atoms with Crippen molar-refractivity contribution >= 4 is 32.6 Å². The maximum Gasteiger partial charge on any atom is 0.475 e. The number of nitrogens with one attached hydrogen (secondary N) is 1. The van der Waals surface area contributed by atoms with E-state index in [1.807, 2.05) is 126 Å². The second-order valence-electron chi connectivity index (χ2n) is 13.1. The van der Waals surface area contributed by atoms with Gasteiger partial charge in [0.05, 0.1) is 45.5 Å². The third kappa shape index (κ3) is 10.4. The summed E-state index contributed by atoms with van der Waals surface area (Å²) in [6.45, 7) is -0.107. The van der Waals surface area contributed by atoms with Gasteiger partial charge >= 0.3 is 15.6 Å². The molecule has 0 aliphatic heterocycles. The molecule has 0 bridgehead atoms. The van der Waals surface area contributed by atoms with Crippen molar-refractivity contribution < 1.29 is 36.3 Å². The molecule has 1 fully saturated rings. The number of hydrogen-bond donors (Lipinski definition) is 1. The molecule has 0 spiro atoms. The van der Waals surface area contributed by atoms with Crippen molar-refractivity contribution in [1.82, 2.24) is 19.5 Å². The average Bonchev–Trinajstić information content (AvgIpc) is 3.85. The van der Waals surface area contributed by atoms with Crippen LogP contribution in [0, 0.1) is 5.92 Å². The molecular formula is C40H43N5O8P2. The van der Waals surface area contributed by atoms with Gasteiger partial charge in [0.2, 0.25) is 0 Å². The van der Waals surface area contributed by atoms with Gasteiger partial charge in [0.15, 0.2) is 11.5 Å². The van der Waals surface area contributed by atoms with E-state index in [4.69, 9.17) is 27.1 Å². The van der Waals surface area contributed by atoms with Crippen molar-refractivity contribution in [3.63, 3.8) is 0 Å². The number of anilines is 1. The lowest BCUT2D eigenvalue weighted by atomic mass is 10.1. The Labute approximate surface area is 320 Å². The molecule has 7 rings (SSSR count). The molecule has 3 atom stereocenters. The zero-order chi connectivity index (χ0) is 37.9. The first-order valence-corrected chi connectivity index (χ1v) is 20.9. The predicted molar refractivity (Wildman–Crippen MR) is 208 cm³/mol. The first-order chi connectivity index (χ1) is 26.9. The Hall–Kier alpha value is -4.55. The molecule has 1 aliphatic carbocycles. The van der Waals surface area contributed by atoms with Gasteiger partial charge in [-0.05, 0) is 35.1 Å². The van der Waals surface area contributed by atoms with Crippen molar-refractivity contribution in [1.29, 1.82) is 0 Å². The molecule has 286 valence electrons. The first-order valence-electron chi connectivity index (χ1n) is 18.0. The number of fused-ring (bicyclic) bond motifs is 1. The molecule has 1 N–H and O–H groups in total. The zero-order valence-electron chi connectivity index (χ0n) is 30.3. The van der Waals surface area contributed by atoms with Crippen LogP contribution in [0.1, 0.15) is 41.1 Å². The summed E-state index contributed by atoms with van der Waals surface area (Å²) in [5.74, 6) is 0.130. The van der Waals surface area contributed by atoms with Gasteiger partial charge in [-0.25, -0.2) is 24.1 Å². The van der Waals surface area contributed by atoms with Gasteiger partial charge in [-0.15, -0.1) is 0 Å². The van der Waals surface area contributed by atoms with Crippen molar-refractivity contribution in [3.05, 3.63) is 156 Å². The molecule has 0 amide bonds. The molecule has 13 nitrogen and oxygen atoms in total. The molecule has 6 aromatic rings. The van der Waals surface area contributed by atoms with Crippen LogP contribution in [0.5, 0.6) is 0 Å². The maximum absolute atomic E-state index is 14.6. The summed E-state index contributed by atoms with van der Waals surface area (Å²) >= 11 is 0. The number of hydrogen-bond acceptors (Lipinski definition) is 12. The molecule has 4 aromatic carbocycles. The summed E-state index contributed by atoms with van der Waals surface area (Å²) in [5, 5.41) is 3.06. The fourth-order valence-corrected chi connectivity index (χ4v) is 8.98. The van der Waals surface area contributed by atoms with E-state index in [1.165, 1.54) is 6.33 Å². The lowest BCUT2D eigenvalue weighted by molar-refractivity contribution is 0.0330. The Bertz CT molecular complexity index is 2100. The third-order valence-electron chi connectivity index (χ3n) is 9.23. The standard InChI is InChI=1S/C40H43N5O8P2/c1-41-39-38-40(43-29-42-39)45(30-44-38)36-22-35(28-52-54(46,48-24-31-14-6-2-7-15-31)49-25-32-16-8-3-9-17-32)37(23-36)53-55(47,50-26-33-18-10-4-11-19-33)51-27-34-20-12-5-13-21-34/h2-21,29-30,35-37H,22-28H2,1H3,(H,41,42,43)/t35?,36-,37+/m1/s1. The Balaban J connectivity index is 1.15. The largest absolute Gasteiger partial charge is 0.475 e. The lowest BCUT2D eigenvalue weighted by Crippen LogP contribution is -2.23. The van der Waals surface area contributed by atoms with Crippen LogP contribution in [0.25, 0.3) is 11.2 Å². The van der Waals surface area contributed by atoms with E-state index >= 15 is 0 Å². The SMILES string of the molecule is CNc1ncnc2c1ncn2[C@@H]1CC(COP(=O)(OCc2ccccc2)OCc2ccccc2)[C@@H](OP(=O)(OCc2ccccc2)OCc2ccccc2)C1. The molecule has 0 radical (unpaired) electrons. The Kier molecular flexibility index (Phi) is 12.9. The van der Waals surface area contributed by atoms with Crippen LogP contribution in [0.15, 0.2) is 134 Å². The van der Waals surface area contributed by atoms with Gasteiger partial charge in [0.1, 0.15) is 11.8 Å². The molecular weight excluding hydrogens is 740 g/mol. The summed E-state index contributed by atoms with van der Waals surface area (Å²) in [6.07, 6.45) is 3.28. The van der Waals surface area contributed by atoms with E-state index in [9.17, 15) is 9.13 Å². The van der Waals surface area contributed by atoms with Crippen molar-refractivity contribution in [2.45, 2.75) is 51.4 Å². The fraction of sp³-hybridized carbons (Fsp3) is 0.275. The van der Waals surface area contributed by atoms with Crippen molar-refractivity contribution in [2.24, 2.45) is 5.92 Å². The van der Waals surface area contributed by atoms with E-state index in [2.05, 4.69) is 20.3 Å². The third-order valence-corrected chi connectivity index (χ3v) is 12.0. The summed E-state index contributed by atoms with van der Waals surface area (Å²) < 4.78 is 67.3. The Morgan fingerprint density at radius 1 is 0.618 bits per heavy atom. The van der Waals surface area contributed by atoms with Crippen LogP contribution in [0.2, 0.25) is 0 Å². The minimum Gasteiger partial charge on any atom is -0.371 e. The van der Waals surface area contributed by atoms with E-state index in [-0.39, 0.29) is 39.1 Å². The summed E-state index contributed by atoms with van der Waals surface area (Å²) in [4.78, 5) is 13.4. The van der Waals surface area contributed by atoms with Gasteiger partial charge in [-0.3, -0.25) is 27.1 Å². The second kappa shape index (κ2) is 18.4. The molecule has 2 heterocycles. The van der Waals surface area contributed by atoms with E-state index in [1.54, 1.807) is 13.4 Å². The zero-order valence-corrected chi connectivity index (χ0v) is 32.1. The maximum atomic E-state index is 14.6. The molecule has 1 unspecified atom stereocenters. The van der Waals surface area contributed by atoms with Gasteiger partial charge in [-0.1, -0.05) is 121 Å². The van der Waals surface area contributed by atoms with Crippen molar-refractivity contribution in [3.8, 4) is 0 Å². The normalized spacial score (nSPS) is 17.4. The van der Waals surface area contributed by atoms with Crippen LogP contribution < -0.4 is 5.32 Å². The van der Waals surface area contributed by atoms with Crippen LogP contribution >= 0.6 is 15.6 Å². The fourth-order valence-electron chi connectivity index (χ4n) is 6.37. The van der Waals surface area contributed by atoms with Gasteiger partial charge in [-0.2, -0.15) is 0 Å². The van der Waals surface area contributed by atoms with E-state index < -0.39 is 27.7 Å². The van der Waals surface area contributed by atoms with Crippen molar-refractivity contribution in [2.75, 3.05) is 19.0 Å².